The van der Waals surface area contributed by atoms with Gasteiger partial charge in [0.2, 0.25) is 0 Å². The lowest BCUT2D eigenvalue weighted by Crippen LogP contribution is -2.47. The highest BCUT2D eigenvalue weighted by Gasteiger charge is 2.17. The van der Waals surface area contributed by atoms with Gasteiger partial charge in [0.25, 0.3) is 5.91 Å². The molecule has 1 aliphatic heterocycles. The molecule has 1 amide bonds. The molecule has 0 unspecified atom stereocenters. The second-order valence-electron chi connectivity index (χ2n) is 8.73. The van der Waals surface area contributed by atoms with Gasteiger partial charge in [-0.05, 0) is 68.4 Å². The van der Waals surface area contributed by atoms with Gasteiger partial charge in [-0.15, -0.1) is 11.3 Å². The minimum Gasteiger partial charge on any atom is -0.369 e. The number of carbonyl (C=O) groups is 1. The molecular weight excluding hydrogens is 447 g/mol. The maximum atomic E-state index is 13.1. The molecular formula is C27H29FN4OS. The molecule has 5 rings (SSSR count). The van der Waals surface area contributed by atoms with Crippen LogP contribution in [0.2, 0.25) is 0 Å². The van der Waals surface area contributed by atoms with Crippen LogP contribution in [0.5, 0.6) is 0 Å². The third kappa shape index (κ3) is 4.86. The van der Waals surface area contributed by atoms with E-state index in [9.17, 15) is 9.18 Å². The van der Waals surface area contributed by atoms with Crippen LogP contribution in [0.25, 0.3) is 15.9 Å². The van der Waals surface area contributed by atoms with Gasteiger partial charge in [-0.3, -0.25) is 9.69 Å². The summed E-state index contributed by atoms with van der Waals surface area (Å²) in [6, 6.07) is 21.2. The number of carbonyl (C=O) groups excluding carboxylic acids is 1. The van der Waals surface area contributed by atoms with Gasteiger partial charge < -0.3 is 14.8 Å². The first-order chi connectivity index (χ1) is 16.6. The van der Waals surface area contributed by atoms with Gasteiger partial charge in [0.1, 0.15) is 10.8 Å². The summed E-state index contributed by atoms with van der Waals surface area (Å²) in [6.07, 6.45) is 0.919. The molecule has 1 N–H and O–H groups in total. The van der Waals surface area contributed by atoms with Crippen LogP contribution >= 0.6 is 11.3 Å². The number of fused-ring (bicyclic) bond motifs is 1. The van der Waals surface area contributed by atoms with Crippen molar-refractivity contribution in [2.75, 3.05) is 44.2 Å². The summed E-state index contributed by atoms with van der Waals surface area (Å²) in [7, 11) is 0. The molecule has 1 saturated heterocycles. The number of nitrogens with one attached hydrogen (secondary N) is 1. The Morgan fingerprint density at radius 2 is 1.76 bits per heavy atom. The summed E-state index contributed by atoms with van der Waals surface area (Å²) < 4.78 is 15.3. The fraction of sp³-hybridized carbons (Fsp3) is 0.296. The summed E-state index contributed by atoms with van der Waals surface area (Å²) in [5.41, 5.74) is 3.40. The van der Waals surface area contributed by atoms with Crippen LogP contribution in [0, 0.1) is 12.7 Å². The molecule has 34 heavy (non-hydrogen) atoms. The van der Waals surface area contributed by atoms with E-state index in [0.29, 0.717) is 6.54 Å². The molecule has 3 heterocycles. The molecule has 0 radical (unpaired) electrons. The third-order valence-electron chi connectivity index (χ3n) is 6.43. The van der Waals surface area contributed by atoms with Crippen molar-refractivity contribution in [2.45, 2.75) is 13.3 Å². The van der Waals surface area contributed by atoms with Crippen molar-refractivity contribution in [3.63, 3.8) is 0 Å². The smallest absolute Gasteiger partial charge is 0.261 e. The standard InChI is InChI=1S/C27H29FN4OS/c1-20-19-21-5-2-3-6-24(21)32(20)26-12-11-25(34-26)27(33)29-13-4-14-30-15-17-31(18-16-30)23-9-7-22(28)8-10-23/h2-3,5-12,19H,4,13-18H2,1H3,(H,29,33). The van der Waals surface area contributed by atoms with Gasteiger partial charge in [-0.1, -0.05) is 18.2 Å². The Bertz CT molecular complexity index is 1270. The zero-order valence-corrected chi connectivity index (χ0v) is 20.2. The highest BCUT2D eigenvalue weighted by atomic mass is 32.1. The number of aryl methyl sites for hydroxylation is 1. The van der Waals surface area contributed by atoms with Crippen molar-refractivity contribution >= 4 is 33.8 Å². The number of para-hydroxylation sites is 1. The molecule has 0 aliphatic carbocycles. The second kappa shape index (κ2) is 9.99. The highest BCUT2D eigenvalue weighted by molar-refractivity contribution is 7.16. The number of rotatable bonds is 7. The molecule has 5 nitrogen and oxygen atoms in total. The number of hydrogen-bond donors (Lipinski definition) is 1. The first-order valence-corrected chi connectivity index (χ1v) is 12.6. The van der Waals surface area contributed by atoms with E-state index >= 15 is 0 Å². The SMILES string of the molecule is Cc1cc2ccccc2n1-c1ccc(C(=O)NCCCN2CCN(c3ccc(F)cc3)CC2)s1. The van der Waals surface area contributed by atoms with E-state index in [4.69, 9.17) is 0 Å². The number of anilines is 1. The zero-order chi connectivity index (χ0) is 23.5. The van der Waals surface area contributed by atoms with Gasteiger partial charge >= 0.3 is 0 Å². The lowest BCUT2D eigenvalue weighted by atomic mass is 10.2. The van der Waals surface area contributed by atoms with Crippen LogP contribution in [0.1, 0.15) is 21.8 Å². The van der Waals surface area contributed by atoms with Crippen LogP contribution in [0.15, 0.2) is 66.7 Å². The van der Waals surface area contributed by atoms with Gasteiger partial charge in [0.05, 0.1) is 10.4 Å². The molecule has 2 aromatic heterocycles. The second-order valence-corrected chi connectivity index (χ2v) is 9.79. The highest BCUT2D eigenvalue weighted by Crippen LogP contribution is 2.28. The number of nitrogens with zero attached hydrogens (tertiary/aromatic N) is 3. The Morgan fingerprint density at radius 3 is 2.56 bits per heavy atom. The van der Waals surface area contributed by atoms with Gasteiger partial charge in [0.15, 0.2) is 0 Å². The van der Waals surface area contributed by atoms with E-state index in [2.05, 4.69) is 44.8 Å². The number of piperazine rings is 1. The molecule has 1 fully saturated rings. The van der Waals surface area contributed by atoms with Crippen molar-refractivity contribution < 1.29 is 9.18 Å². The monoisotopic (exact) mass is 476 g/mol. The molecule has 0 saturated carbocycles. The van der Waals surface area contributed by atoms with E-state index in [-0.39, 0.29) is 11.7 Å². The van der Waals surface area contributed by atoms with E-state index < -0.39 is 0 Å². The number of halogens is 1. The lowest BCUT2D eigenvalue weighted by Gasteiger charge is -2.36. The fourth-order valence-electron chi connectivity index (χ4n) is 4.63. The molecule has 0 spiro atoms. The van der Waals surface area contributed by atoms with Crippen LogP contribution in [0.4, 0.5) is 10.1 Å². The molecule has 1 aliphatic rings. The number of hydrogen-bond acceptors (Lipinski definition) is 4. The van der Waals surface area contributed by atoms with Crippen LogP contribution in [-0.4, -0.2) is 54.6 Å². The van der Waals surface area contributed by atoms with Gasteiger partial charge in [0, 0.05) is 49.5 Å². The van der Waals surface area contributed by atoms with Gasteiger partial charge in [-0.2, -0.15) is 0 Å². The predicted molar refractivity (Wildman–Crippen MR) is 138 cm³/mol. The minimum absolute atomic E-state index is 0.00788. The largest absolute Gasteiger partial charge is 0.369 e. The zero-order valence-electron chi connectivity index (χ0n) is 19.3. The van der Waals surface area contributed by atoms with Crippen molar-refractivity contribution in [3.05, 3.63) is 83.1 Å². The van der Waals surface area contributed by atoms with Crippen LogP contribution in [0.3, 0.4) is 0 Å². The number of thiophene rings is 1. The molecule has 0 atom stereocenters. The van der Waals surface area contributed by atoms with E-state index in [0.717, 1.165) is 65.9 Å². The average molecular weight is 477 g/mol. The third-order valence-corrected chi connectivity index (χ3v) is 7.50. The van der Waals surface area contributed by atoms with E-state index in [1.54, 1.807) is 0 Å². The Balaban J connectivity index is 1.09. The summed E-state index contributed by atoms with van der Waals surface area (Å²) in [5.74, 6) is -0.206. The van der Waals surface area contributed by atoms with Crippen LogP contribution in [-0.2, 0) is 0 Å². The predicted octanol–water partition coefficient (Wildman–Crippen LogP) is 5.08. The Hall–Kier alpha value is -3.16. The molecule has 0 bridgehead atoms. The van der Waals surface area contributed by atoms with Crippen molar-refractivity contribution in [2.24, 2.45) is 0 Å². The summed E-state index contributed by atoms with van der Waals surface area (Å²) in [4.78, 5) is 18.1. The quantitative estimate of drug-likeness (QED) is 0.378. The maximum Gasteiger partial charge on any atom is 0.261 e. The average Bonchev–Trinajstić information content (AvgIpc) is 3.46. The van der Waals surface area contributed by atoms with E-state index in [1.807, 2.05) is 36.4 Å². The first kappa shape index (κ1) is 22.6. The summed E-state index contributed by atoms with van der Waals surface area (Å²) in [5, 5.41) is 5.34. The molecule has 176 valence electrons. The number of benzene rings is 2. The van der Waals surface area contributed by atoms with Crippen molar-refractivity contribution in [3.8, 4) is 5.00 Å². The van der Waals surface area contributed by atoms with E-state index in [1.165, 1.54) is 28.9 Å². The molecule has 2 aromatic carbocycles. The molecule has 7 heteroatoms. The van der Waals surface area contributed by atoms with Crippen molar-refractivity contribution in [1.82, 2.24) is 14.8 Å². The molecule has 4 aromatic rings. The Morgan fingerprint density at radius 1 is 1.00 bits per heavy atom. The number of aromatic nitrogens is 1. The van der Waals surface area contributed by atoms with Gasteiger partial charge in [-0.25, -0.2) is 4.39 Å². The topological polar surface area (TPSA) is 40.5 Å². The van der Waals surface area contributed by atoms with Crippen molar-refractivity contribution in [1.29, 1.82) is 0 Å². The lowest BCUT2D eigenvalue weighted by molar-refractivity contribution is 0.0955. The normalized spacial score (nSPS) is 14.6. The first-order valence-electron chi connectivity index (χ1n) is 11.8. The Labute approximate surface area is 203 Å². The van der Waals surface area contributed by atoms with Crippen LogP contribution < -0.4 is 10.2 Å². The summed E-state index contributed by atoms with van der Waals surface area (Å²) >= 11 is 1.52. The fourth-order valence-corrected chi connectivity index (χ4v) is 5.62. The number of amides is 1. The maximum absolute atomic E-state index is 13.1. The minimum atomic E-state index is -0.198. The summed E-state index contributed by atoms with van der Waals surface area (Å²) in [6.45, 7) is 7.54. The Kier molecular flexibility index (Phi) is 6.65.